The number of carbonyl (C=O) groups excluding carboxylic acids is 1. The summed E-state index contributed by atoms with van der Waals surface area (Å²) in [6.45, 7) is 1.34. The first-order valence-corrected chi connectivity index (χ1v) is 8.92. The van der Waals surface area contributed by atoms with Gasteiger partial charge in [-0.3, -0.25) is 0 Å². The number of H-pyrrole nitrogens is 1. The highest BCUT2D eigenvalue weighted by atomic mass is 16.2. The van der Waals surface area contributed by atoms with E-state index in [0.29, 0.717) is 6.54 Å². The van der Waals surface area contributed by atoms with Gasteiger partial charge in [0.05, 0.1) is 12.2 Å². The molecule has 4 nitrogen and oxygen atoms in total. The molecule has 0 radical (unpaired) electrons. The lowest BCUT2D eigenvalue weighted by Crippen LogP contribution is -2.38. The van der Waals surface area contributed by atoms with Gasteiger partial charge >= 0.3 is 6.03 Å². The van der Waals surface area contributed by atoms with Crippen LogP contribution >= 0.6 is 0 Å². The fraction of sp³-hybridized carbons (Fsp3) is 0.136. The Bertz CT molecular complexity index is 1120. The van der Waals surface area contributed by atoms with E-state index < -0.39 is 0 Å². The molecule has 26 heavy (non-hydrogen) atoms. The Morgan fingerprint density at radius 2 is 1.69 bits per heavy atom. The van der Waals surface area contributed by atoms with Crippen LogP contribution in [0, 0.1) is 0 Å². The minimum atomic E-state index is -0.0503. The molecule has 1 aliphatic rings. The zero-order valence-corrected chi connectivity index (χ0v) is 14.3. The predicted molar refractivity (Wildman–Crippen MR) is 105 cm³/mol. The number of rotatable bonds is 1. The van der Waals surface area contributed by atoms with E-state index in [-0.39, 0.29) is 6.03 Å². The zero-order valence-electron chi connectivity index (χ0n) is 14.3. The summed E-state index contributed by atoms with van der Waals surface area (Å²) in [6, 6.07) is 22.4. The first-order valence-electron chi connectivity index (χ1n) is 8.92. The number of urea groups is 1. The number of hydrogen-bond donors (Lipinski definition) is 2. The molecular formula is C22H19N3O. The number of nitrogens with one attached hydrogen (secondary N) is 2. The van der Waals surface area contributed by atoms with Crippen molar-refractivity contribution in [1.82, 2.24) is 9.88 Å². The van der Waals surface area contributed by atoms with Crippen molar-refractivity contribution in [3.8, 4) is 0 Å². The van der Waals surface area contributed by atoms with E-state index >= 15 is 0 Å². The standard InChI is InChI=1S/C22H19N3O/c26-22(24-19-11-5-7-15-6-1-2-8-16(15)19)25-13-12-18-17-9-3-4-10-20(17)23-21(18)14-25/h1-11,23H,12-14H2,(H,24,26). The van der Waals surface area contributed by atoms with Crippen molar-refractivity contribution in [1.29, 1.82) is 0 Å². The second-order valence-electron chi connectivity index (χ2n) is 6.76. The van der Waals surface area contributed by atoms with Crippen molar-refractivity contribution in [3.05, 3.63) is 78.0 Å². The van der Waals surface area contributed by atoms with Crippen molar-refractivity contribution in [2.45, 2.75) is 13.0 Å². The van der Waals surface area contributed by atoms with Gasteiger partial charge in [-0.05, 0) is 29.5 Å². The Balaban J connectivity index is 1.41. The number of nitrogens with zero attached hydrogens (tertiary/aromatic N) is 1. The monoisotopic (exact) mass is 341 g/mol. The number of benzene rings is 3. The van der Waals surface area contributed by atoms with Crippen molar-refractivity contribution in [2.75, 3.05) is 11.9 Å². The molecule has 128 valence electrons. The number of anilines is 1. The van der Waals surface area contributed by atoms with Crippen LogP contribution in [0.4, 0.5) is 10.5 Å². The summed E-state index contributed by atoms with van der Waals surface area (Å²) in [5, 5.41) is 6.56. The summed E-state index contributed by atoms with van der Waals surface area (Å²) in [4.78, 5) is 18.2. The highest BCUT2D eigenvalue weighted by Crippen LogP contribution is 2.28. The van der Waals surface area contributed by atoms with E-state index in [1.165, 1.54) is 10.9 Å². The van der Waals surface area contributed by atoms with Gasteiger partial charge in [0.15, 0.2) is 0 Å². The molecule has 1 aromatic heterocycles. The van der Waals surface area contributed by atoms with Crippen LogP contribution < -0.4 is 5.32 Å². The van der Waals surface area contributed by atoms with E-state index in [9.17, 15) is 4.79 Å². The zero-order chi connectivity index (χ0) is 17.5. The maximum absolute atomic E-state index is 12.8. The lowest BCUT2D eigenvalue weighted by Gasteiger charge is -2.27. The van der Waals surface area contributed by atoms with Crippen LogP contribution in [0.5, 0.6) is 0 Å². The summed E-state index contributed by atoms with van der Waals surface area (Å²) >= 11 is 0. The van der Waals surface area contributed by atoms with E-state index in [2.05, 4.69) is 40.6 Å². The Labute approximate surface area is 151 Å². The fourth-order valence-corrected chi connectivity index (χ4v) is 3.90. The van der Waals surface area contributed by atoms with E-state index in [1.54, 1.807) is 0 Å². The molecule has 0 fully saturated rings. The quantitative estimate of drug-likeness (QED) is 0.508. The summed E-state index contributed by atoms with van der Waals surface area (Å²) in [6.07, 6.45) is 0.877. The maximum Gasteiger partial charge on any atom is 0.322 e. The Morgan fingerprint density at radius 3 is 2.62 bits per heavy atom. The largest absolute Gasteiger partial charge is 0.357 e. The third-order valence-electron chi connectivity index (χ3n) is 5.20. The van der Waals surface area contributed by atoms with Crippen LogP contribution in [0.3, 0.4) is 0 Å². The fourth-order valence-electron chi connectivity index (χ4n) is 3.90. The number of aromatic amines is 1. The predicted octanol–water partition coefficient (Wildman–Crippen LogP) is 4.91. The molecule has 4 heteroatoms. The molecular weight excluding hydrogens is 322 g/mol. The van der Waals surface area contributed by atoms with E-state index in [0.717, 1.165) is 40.6 Å². The van der Waals surface area contributed by atoms with Crippen molar-refractivity contribution < 1.29 is 4.79 Å². The molecule has 0 unspecified atom stereocenters. The van der Waals surface area contributed by atoms with Gasteiger partial charge in [-0.1, -0.05) is 54.6 Å². The van der Waals surface area contributed by atoms with Crippen LogP contribution in [0.2, 0.25) is 0 Å². The molecule has 0 saturated carbocycles. The summed E-state index contributed by atoms with van der Waals surface area (Å²) in [5.41, 5.74) is 4.49. The van der Waals surface area contributed by atoms with Crippen molar-refractivity contribution in [3.63, 3.8) is 0 Å². The molecule has 1 aliphatic heterocycles. The second-order valence-corrected chi connectivity index (χ2v) is 6.76. The van der Waals surface area contributed by atoms with Gasteiger partial charge < -0.3 is 15.2 Å². The van der Waals surface area contributed by atoms with Crippen molar-refractivity contribution in [2.24, 2.45) is 0 Å². The van der Waals surface area contributed by atoms with Crippen molar-refractivity contribution >= 4 is 33.4 Å². The topological polar surface area (TPSA) is 48.1 Å². The number of carbonyl (C=O) groups is 1. The number of aromatic nitrogens is 1. The SMILES string of the molecule is O=C(Nc1cccc2ccccc12)N1CCc2c([nH]c3ccccc23)C1. The van der Waals surface area contributed by atoms with Gasteiger partial charge in [-0.15, -0.1) is 0 Å². The average Bonchev–Trinajstić information content (AvgIpc) is 3.06. The Hall–Kier alpha value is -3.27. The van der Waals surface area contributed by atoms with Crippen LogP contribution in [-0.2, 0) is 13.0 Å². The van der Waals surface area contributed by atoms with Gasteiger partial charge in [-0.2, -0.15) is 0 Å². The number of para-hydroxylation sites is 1. The van der Waals surface area contributed by atoms with Gasteiger partial charge in [0.1, 0.15) is 0 Å². The minimum Gasteiger partial charge on any atom is -0.357 e. The molecule has 3 aromatic carbocycles. The van der Waals surface area contributed by atoms with Gasteiger partial charge in [0.2, 0.25) is 0 Å². The third kappa shape index (κ3) is 2.42. The first-order chi connectivity index (χ1) is 12.8. The molecule has 2 N–H and O–H groups in total. The van der Waals surface area contributed by atoms with Crippen LogP contribution in [0.25, 0.3) is 21.7 Å². The lowest BCUT2D eigenvalue weighted by atomic mass is 10.0. The highest BCUT2D eigenvalue weighted by molar-refractivity contribution is 6.01. The lowest BCUT2D eigenvalue weighted by molar-refractivity contribution is 0.206. The average molecular weight is 341 g/mol. The Morgan fingerprint density at radius 1 is 0.923 bits per heavy atom. The smallest absolute Gasteiger partial charge is 0.322 e. The van der Waals surface area contributed by atoms with Gasteiger partial charge in [0.25, 0.3) is 0 Å². The third-order valence-corrected chi connectivity index (χ3v) is 5.20. The van der Waals surface area contributed by atoms with E-state index in [4.69, 9.17) is 0 Å². The maximum atomic E-state index is 12.8. The van der Waals surface area contributed by atoms with Crippen LogP contribution in [0.1, 0.15) is 11.3 Å². The van der Waals surface area contributed by atoms with E-state index in [1.807, 2.05) is 41.3 Å². The molecule has 0 bridgehead atoms. The summed E-state index contributed by atoms with van der Waals surface area (Å²) in [5.74, 6) is 0. The van der Waals surface area contributed by atoms with Crippen LogP contribution in [-0.4, -0.2) is 22.5 Å². The molecule has 0 spiro atoms. The molecule has 0 atom stereocenters. The molecule has 5 rings (SSSR count). The number of hydrogen-bond acceptors (Lipinski definition) is 1. The summed E-state index contributed by atoms with van der Waals surface area (Å²) < 4.78 is 0. The van der Waals surface area contributed by atoms with Gasteiger partial charge in [0, 0.05) is 28.5 Å². The Kier molecular flexibility index (Phi) is 3.42. The van der Waals surface area contributed by atoms with Crippen LogP contribution in [0.15, 0.2) is 66.7 Å². The first kappa shape index (κ1) is 15.0. The number of amides is 2. The molecule has 0 aliphatic carbocycles. The number of fused-ring (bicyclic) bond motifs is 4. The molecule has 2 amide bonds. The minimum absolute atomic E-state index is 0.0503. The molecule has 2 heterocycles. The second kappa shape index (κ2) is 5.92. The molecule has 0 saturated heterocycles. The molecule has 4 aromatic rings. The normalized spacial score (nSPS) is 13.8. The van der Waals surface area contributed by atoms with Gasteiger partial charge in [-0.25, -0.2) is 4.79 Å². The highest BCUT2D eigenvalue weighted by Gasteiger charge is 2.24. The summed E-state index contributed by atoms with van der Waals surface area (Å²) in [7, 11) is 0.